The summed E-state index contributed by atoms with van der Waals surface area (Å²) in [7, 11) is 0. The normalized spacial score (nSPS) is 12.1. The van der Waals surface area contributed by atoms with Gasteiger partial charge in [0.15, 0.2) is 0 Å². The van der Waals surface area contributed by atoms with Gasteiger partial charge < -0.3 is 11.1 Å². The van der Waals surface area contributed by atoms with E-state index in [2.05, 4.69) is 5.32 Å². The second-order valence-electron chi connectivity index (χ2n) is 3.70. The van der Waals surface area contributed by atoms with Gasteiger partial charge in [0.1, 0.15) is 0 Å². The molecule has 1 rings (SSSR count). The minimum absolute atomic E-state index is 0.0380. The van der Waals surface area contributed by atoms with Crippen LogP contribution in [0.1, 0.15) is 24.3 Å². The van der Waals surface area contributed by atoms with E-state index in [1.807, 2.05) is 19.1 Å². The molecule has 1 atom stereocenters. The van der Waals surface area contributed by atoms with Crippen LogP contribution < -0.4 is 11.1 Å². The smallest absolute Gasteiger partial charge is 0.227 e. The van der Waals surface area contributed by atoms with Crippen LogP contribution >= 0.6 is 34.7 Å². The first-order valence-electron chi connectivity index (χ1n) is 5.39. The van der Waals surface area contributed by atoms with Crippen molar-refractivity contribution in [3.05, 3.63) is 21.3 Å². The molecule has 0 unspecified atom stereocenters. The standard InChI is InChI=1S/C11H15ClN2O2S2/c1-7(8-2-3-9(12)18-8)14-11(16)4-5-17-6-10(13)15/h2-3,7H,4-6H2,1H3,(H2,13,15)(H,14,16)/t7-/m1/s1. The van der Waals surface area contributed by atoms with Gasteiger partial charge in [0.05, 0.1) is 16.1 Å². The first kappa shape index (κ1) is 15.3. The average molecular weight is 307 g/mol. The summed E-state index contributed by atoms with van der Waals surface area (Å²) in [5, 5.41) is 2.88. The van der Waals surface area contributed by atoms with Crippen LogP contribution in [0.2, 0.25) is 4.34 Å². The van der Waals surface area contributed by atoms with Gasteiger partial charge in [0, 0.05) is 17.1 Å². The Morgan fingerprint density at radius 2 is 2.28 bits per heavy atom. The van der Waals surface area contributed by atoms with E-state index in [0.29, 0.717) is 16.5 Å². The topological polar surface area (TPSA) is 72.2 Å². The summed E-state index contributed by atoms with van der Waals surface area (Å²) in [5.74, 6) is 0.446. The molecule has 0 radical (unpaired) electrons. The summed E-state index contributed by atoms with van der Waals surface area (Å²) in [6.45, 7) is 1.91. The molecule has 0 aliphatic heterocycles. The fourth-order valence-corrected chi connectivity index (χ4v) is 3.02. The maximum atomic E-state index is 11.6. The van der Waals surface area contributed by atoms with Crippen molar-refractivity contribution in [1.82, 2.24) is 5.32 Å². The van der Waals surface area contributed by atoms with Crippen LogP contribution in [0.5, 0.6) is 0 Å². The molecule has 100 valence electrons. The lowest BCUT2D eigenvalue weighted by atomic mass is 10.2. The Labute approximate surface area is 119 Å². The van der Waals surface area contributed by atoms with E-state index in [1.165, 1.54) is 23.1 Å². The first-order valence-corrected chi connectivity index (χ1v) is 7.74. The first-order chi connectivity index (χ1) is 8.49. The van der Waals surface area contributed by atoms with Crippen molar-refractivity contribution >= 4 is 46.5 Å². The number of carbonyl (C=O) groups is 2. The SMILES string of the molecule is C[C@@H](NC(=O)CCSCC(N)=O)c1ccc(Cl)s1. The molecule has 0 saturated heterocycles. The van der Waals surface area contributed by atoms with Gasteiger partial charge in [-0.3, -0.25) is 9.59 Å². The van der Waals surface area contributed by atoms with Gasteiger partial charge in [0.25, 0.3) is 0 Å². The number of hydrogen-bond acceptors (Lipinski definition) is 4. The Morgan fingerprint density at radius 3 is 2.83 bits per heavy atom. The molecular weight excluding hydrogens is 292 g/mol. The van der Waals surface area contributed by atoms with E-state index in [1.54, 1.807) is 0 Å². The third kappa shape index (κ3) is 5.75. The molecule has 0 aromatic carbocycles. The Balaban J connectivity index is 2.25. The van der Waals surface area contributed by atoms with Crippen molar-refractivity contribution in [2.75, 3.05) is 11.5 Å². The van der Waals surface area contributed by atoms with Crippen LogP contribution in [-0.4, -0.2) is 23.3 Å². The van der Waals surface area contributed by atoms with Crippen LogP contribution in [0.15, 0.2) is 12.1 Å². The molecule has 0 saturated carbocycles. The summed E-state index contributed by atoms with van der Waals surface area (Å²) >= 11 is 8.65. The predicted molar refractivity (Wildman–Crippen MR) is 77.0 cm³/mol. The zero-order valence-electron chi connectivity index (χ0n) is 9.94. The second-order valence-corrected chi connectivity index (χ2v) is 6.55. The van der Waals surface area contributed by atoms with Gasteiger partial charge in [0.2, 0.25) is 11.8 Å². The maximum Gasteiger partial charge on any atom is 0.227 e. The Hall–Kier alpha value is -0.720. The lowest BCUT2D eigenvalue weighted by molar-refractivity contribution is -0.121. The zero-order chi connectivity index (χ0) is 13.5. The fourth-order valence-electron chi connectivity index (χ4n) is 1.28. The molecule has 0 spiro atoms. The lowest BCUT2D eigenvalue weighted by Crippen LogP contribution is -2.26. The van der Waals surface area contributed by atoms with Crippen molar-refractivity contribution in [3.8, 4) is 0 Å². The van der Waals surface area contributed by atoms with Crippen LogP contribution in [0.3, 0.4) is 0 Å². The molecule has 2 amide bonds. The highest BCUT2D eigenvalue weighted by molar-refractivity contribution is 7.99. The van der Waals surface area contributed by atoms with Gasteiger partial charge in [-0.25, -0.2) is 0 Å². The van der Waals surface area contributed by atoms with Crippen molar-refractivity contribution < 1.29 is 9.59 Å². The predicted octanol–water partition coefficient (Wildman–Crippen LogP) is 2.19. The maximum absolute atomic E-state index is 11.6. The monoisotopic (exact) mass is 306 g/mol. The zero-order valence-corrected chi connectivity index (χ0v) is 12.3. The Kier molecular flexibility index (Phi) is 6.52. The third-order valence-corrected chi connectivity index (χ3v) is 4.51. The Bertz CT molecular complexity index is 423. The molecule has 3 N–H and O–H groups in total. The number of primary amides is 1. The summed E-state index contributed by atoms with van der Waals surface area (Å²) in [5.41, 5.74) is 5.00. The van der Waals surface area contributed by atoms with Crippen LogP contribution in [0.4, 0.5) is 0 Å². The van der Waals surface area contributed by atoms with E-state index in [0.717, 1.165) is 4.88 Å². The number of thiophene rings is 1. The third-order valence-electron chi connectivity index (χ3n) is 2.12. The number of thioether (sulfide) groups is 1. The molecule has 0 bridgehead atoms. The molecule has 18 heavy (non-hydrogen) atoms. The van der Waals surface area contributed by atoms with Gasteiger partial charge in [-0.2, -0.15) is 11.8 Å². The summed E-state index contributed by atoms with van der Waals surface area (Å²) < 4.78 is 0.711. The second kappa shape index (κ2) is 7.66. The van der Waals surface area contributed by atoms with E-state index < -0.39 is 0 Å². The van der Waals surface area contributed by atoms with Gasteiger partial charge in [-0.05, 0) is 19.1 Å². The molecule has 0 fully saturated rings. The highest BCUT2D eigenvalue weighted by Gasteiger charge is 2.11. The number of carbonyl (C=O) groups excluding carboxylic acids is 2. The summed E-state index contributed by atoms with van der Waals surface area (Å²) in [6.07, 6.45) is 0.376. The highest BCUT2D eigenvalue weighted by Crippen LogP contribution is 2.26. The van der Waals surface area contributed by atoms with Gasteiger partial charge in [-0.15, -0.1) is 11.3 Å². The number of hydrogen-bond donors (Lipinski definition) is 2. The number of halogens is 1. The largest absolute Gasteiger partial charge is 0.369 e. The van der Waals surface area contributed by atoms with Gasteiger partial charge >= 0.3 is 0 Å². The van der Waals surface area contributed by atoms with Crippen LogP contribution in [-0.2, 0) is 9.59 Å². The number of nitrogens with two attached hydrogens (primary N) is 1. The molecular formula is C11H15ClN2O2S2. The van der Waals surface area contributed by atoms with Crippen molar-refractivity contribution in [3.63, 3.8) is 0 Å². The van der Waals surface area contributed by atoms with Crippen molar-refractivity contribution in [2.24, 2.45) is 5.73 Å². The number of amides is 2. The Morgan fingerprint density at radius 1 is 1.56 bits per heavy atom. The van der Waals surface area contributed by atoms with E-state index >= 15 is 0 Å². The van der Waals surface area contributed by atoms with Crippen molar-refractivity contribution in [2.45, 2.75) is 19.4 Å². The lowest BCUT2D eigenvalue weighted by Gasteiger charge is -2.11. The van der Waals surface area contributed by atoms with E-state index in [9.17, 15) is 9.59 Å². The van der Waals surface area contributed by atoms with Crippen LogP contribution in [0, 0.1) is 0 Å². The number of nitrogens with one attached hydrogen (secondary N) is 1. The van der Waals surface area contributed by atoms with E-state index in [4.69, 9.17) is 17.3 Å². The molecule has 1 heterocycles. The molecule has 0 aliphatic carbocycles. The number of rotatable bonds is 7. The quantitative estimate of drug-likeness (QED) is 0.758. The molecule has 1 aromatic rings. The highest BCUT2D eigenvalue weighted by atomic mass is 35.5. The van der Waals surface area contributed by atoms with Crippen molar-refractivity contribution in [1.29, 1.82) is 0 Å². The molecule has 0 aliphatic rings. The van der Waals surface area contributed by atoms with Gasteiger partial charge in [-0.1, -0.05) is 11.6 Å². The minimum Gasteiger partial charge on any atom is -0.369 e. The summed E-state index contributed by atoms with van der Waals surface area (Å²) in [4.78, 5) is 23.1. The molecule has 4 nitrogen and oxygen atoms in total. The molecule has 7 heteroatoms. The average Bonchev–Trinajstić information content (AvgIpc) is 2.71. The minimum atomic E-state index is -0.359. The fraction of sp³-hybridized carbons (Fsp3) is 0.455. The molecule has 1 aromatic heterocycles. The summed E-state index contributed by atoms with van der Waals surface area (Å²) in [6, 6.07) is 3.67. The van der Waals surface area contributed by atoms with E-state index in [-0.39, 0.29) is 23.6 Å². The van der Waals surface area contributed by atoms with Crippen LogP contribution in [0.25, 0.3) is 0 Å².